The number of rotatable bonds is 4. The number of para-hydroxylation sites is 1. The normalized spacial score (nSPS) is 13.0. The molecule has 0 fully saturated rings. The van der Waals surface area contributed by atoms with E-state index in [1.54, 1.807) is 13.2 Å². The van der Waals surface area contributed by atoms with Gasteiger partial charge in [0.25, 0.3) is 0 Å². The van der Waals surface area contributed by atoms with Gasteiger partial charge in [0, 0.05) is 30.5 Å². The van der Waals surface area contributed by atoms with Crippen molar-refractivity contribution in [2.24, 2.45) is 0 Å². The van der Waals surface area contributed by atoms with Crippen LogP contribution in [0.15, 0.2) is 36.4 Å². The number of fused-ring (bicyclic) bond motifs is 1. The van der Waals surface area contributed by atoms with Gasteiger partial charge in [-0.2, -0.15) is 0 Å². The van der Waals surface area contributed by atoms with Crippen LogP contribution in [0.4, 0.5) is 17.1 Å². The molecule has 0 aromatic heterocycles. The minimum atomic E-state index is 0.535. The third-order valence-electron chi connectivity index (χ3n) is 3.30. The Morgan fingerprint density at radius 3 is 2.57 bits per heavy atom. The van der Waals surface area contributed by atoms with Crippen LogP contribution in [0.2, 0.25) is 0 Å². The fourth-order valence-corrected chi connectivity index (χ4v) is 2.28. The molecule has 3 N–H and O–H groups in total. The van der Waals surface area contributed by atoms with Crippen molar-refractivity contribution in [2.45, 2.75) is 6.61 Å². The zero-order valence-corrected chi connectivity index (χ0v) is 11.9. The lowest BCUT2D eigenvalue weighted by molar-refractivity contribution is 0.172. The first-order valence-electron chi connectivity index (χ1n) is 6.81. The second-order valence-electron chi connectivity index (χ2n) is 4.80. The maximum atomic E-state index is 6.09. The summed E-state index contributed by atoms with van der Waals surface area (Å²) < 4.78 is 16.3. The van der Waals surface area contributed by atoms with E-state index in [0.717, 1.165) is 16.9 Å². The van der Waals surface area contributed by atoms with Gasteiger partial charge in [0.05, 0.1) is 18.0 Å². The largest absolute Gasteiger partial charge is 0.486 e. The summed E-state index contributed by atoms with van der Waals surface area (Å²) >= 11 is 0. The summed E-state index contributed by atoms with van der Waals surface area (Å²) in [4.78, 5) is 0. The molecule has 21 heavy (non-hydrogen) atoms. The molecule has 0 amide bonds. The van der Waals surface area contributed by atoms with Crippen molar-refractivity contribution in [1.29, 1.82) is 0 Å². The van der Waals surface area contributed by atoms with Crippen molar-refractivity contribution in [3.05, 3.63) is 42.0 Å². The van der Waals surface area contributed by atoms with Gasteiger partial charge in [-0.3, -0.25) is 0 Å². The van der Waals surface area contributed by atoms with E-state index in [1.807, 2.05) is 30.3 Å². The van der Waals surface area contributed by atoms with Gasteiger partial charge in [-0.25, -0.2) is 0 Å². The van der Waals surface area contributed by atoms with Gasteiger partial charge in [0.2, 0.25) is 0 Å². The summed E-state index contributed by atoms with van der Waals surface area (Å²) in [6.45, 7) is 1.64. The van der Waals surface area contributed by atoms with E-state index >= 15 is 0 Å². The fraction of sp³-hybridized carbons (Fsp3) is 0.250. The predicted molar refractivity (Wildman–Crippen MR) is 82.3 cm³/mol. The third kappa shape index (κ3) is 2.87. The second-order valence-corrected chi connectivity index (χ2v) is 4.80. The molecule has 0 saturated heterocycles. The quantitative estimate of drug-likeness (QED) is 0.846. The molecule has 3 rings (SSSR count). The van der Waals surface area contributed by atoms with Crippen molar-refractivity contribution in [1.82, 2.24) is 0 Å². The lowest BCUT2D eigenvalue weighted by atomic mass is 10.1. The van der Waals surface area contributed by atoms with Gasteiger partial charge in [-0.05, 0) is 6.07 Å². The SMILES string of the molecule is COCc1ccccc1Nc1cc2c(cc1N)OCCO2. The molecule has 0 spiro atoms. The summed E-state index contributed by atoms with van der Waals surface area (Å²) in [6.07, 6.45) is 0. The third-order valence-corrected chi connectivity index (χ3v) is 3.30. The molecule has 0 unspecified atom stereocenters. The van der Waals surface area contributed by atoms with Gasteiger partial charge in [0.15, 0.2) is 11.5 Å². The van der Waals surface area contributed by atoms with Crippen molar-refractivity contribution in [3.8, 4) is 11.5 Å². The molecule has 0 bridgehead atoms. The molecule has 0 atom stereocenters. The minimum absolute atomic E-state index is 0.535. The summed E-state index contributed by atoms with van der Waals surface area (Å²) in [5.74, 6) is 1.40. The van der Waals surface area contributed by atoms with E-state index in [-0.39, 0.29) is 0 Å². The topological polar surface area (TPSA) is 65.7 Å². The van der Waals surface area contributed by atoms with Gasteiger partial charge < -0.3 is 25.3 Å². The monoisotopic (exact) mass is 286 g/mol. The first kappa shape index (κ1) is 13.6. The Hall–Kier alpha value is -2.40. The summed E-state index contributed by atoms with van der Waals surface area (Å²) in [7, 11) is 1.68. The second kappa shape index (κ2) is 5.93. The molecule has 1 heterocycles. The number of nitrogens with two attached hydrogens (primary N) is 1. The standard InChI is InChI=1S/C16H18N2O3/c1-19-10-11-4-2-3-5-13(11)18-14-9-16-15(8-12(14)17)20-6-7-21-16/h2-5,8-9,18H,6-7,10,17H2,1H3. The minimum Gasteiger partial charge on any atom is -0.486 e. The maximum Gasteiger partial charge on any atom is 0.163 e. The highest BCUT2D eigenvalue weighted by Crippen LogP contribution is 2.38. The van der Waals surface area contributed by atoms with Crippen LogP contribution in [0.5, 0.6) is 11.5 Å². The van der Waals surface area contributed by atoms with Gasteiger partial charge in [0.1, 0.15) is 13.2 Å². The zero-order valence-electron chi connectivity index (χ0n) is 11.9. The van der Waals surface area contributed by atoms with Crippen LogP contribution >= 0.6 is 0 Å². The molecule has 5 nitrogen and oxygen atoms in total. The Morgan fingerprint density at radius 1 is 1.10 bits per heavy atom. The van der Waals surface area contributed by atoms with Crippen LogP contribution in [0.25, 0.3) is 0 Å². The number of ether oxygens (including phenoxy) is 3. The first-order valence-corrected chi connectivity index (χ1v) is 6.81. The van der Waals surface area contributed by atoms with E-state index in [1.165, 1.54) is 0 Å². The van der Waals surface area contributed by atoms with Crippen molar-refractivity contribution in [3.63, 3.8) is 0 Å². The van der Waals surface area contributed by atoms with Crippen LogP contribution in [0.3, 0.4) is 0 Å². The van der Waals surface area contributed by atoms with Crippen molar-refractivity contribution in [2.75, 3.05) is 31.4 Å². The Bertz CT molecular complexity index is 643. The van der Waals surface area contributed by atoms with E-state index in [2.05, 4.69) is 5.32 Å². The lowest BCUT2D eigenvalue weighted by Gasteiger charge is -2.21. The first-order chi connectivity index (χ1) is 10.3. The van der Waals surface area contributed by atoms with Gasteiger partial charge in [-0.1, -0.05) is 18.2 Å². The predicted octanol–water partition coefficient (Wildman–Crippen LogP) is 2.93. The fourth-order valence-electron chi connectivity index (χ4n) is 2.28. The number of methoxy groups -OCH3 is 1. The molecule has 110 valence electrons. The lowest BCUT2D eigenvalue weighted by Crippen LogP contribution is -2.15. The highest BCUT2D eigenvalue weighted by atomic mass is 16.6. The zero-order chi connectivity index (χ0) is 14.7. The number of anilines is 3. The van der Waals surface area contributed by atoms with Crippen LogP contribution in [0, 0.1) is 0 Å². The number of benzene rings is 2. The highest BCUT2D eigenvalue weighted by molar-refractivity contribution is 5.77. The summed E-state index contributed by atoms with van der Waals surface area (Å²) in [5.41, 5.74) is 9.52. The number of hydrogen-bond acceptors (Lipinski definition) is 5. The molecule has 2 aromatic rings. The molecule has 0 aliphatic carbocycles. The molecular formula is C16H18N2O3. The summed E-state index contributed by atoms with van der Waals surface area (Å²) in [6, 6.07) is 11.6. The van der Waals surface area contributed by atoms with Crippen molar-refractivity contribution >= 4 is 17.1 Å². The number of hydrogen-bond donors (Lipinski definition) is 2. The van der Waals surface area contributed by atoms with E-state index in [4.69, 9.17) is 19.9 Å². The smallest absolute Gasteiger partial charge is 0.163 e. The summed E-state index contributed by atoms with van der Waals surface area (Å²) in [5, 5.41) is 3.34. The number of nitrogens with one attached hydrogen (secondary N) is 1. The van der Waals surface area contributed by atoms with Crippen LogP contribution < -0.4 is 20.5 Å². The molecule has 0 saturated carbocycles. The molecule has 2 aromatic carbocycles. The average molecular weight is 286 g/mol. The van der Waals surface area contributed by atoms with Crippen LogP contribution in [0.1, 0.15) is 5.56 Å². The van der Waals surface area contributed by atoms with E-state index < -0.39 is 0 Å². The van der Waals surface area contributed by atoms with Gasteiger partial charge in [-0.15, -0.1) is 0 Å². The van der Waals surface area contributed by atoms with Crippen LogP contribution in [-0.2, 0) is 11.3 Å². The highest BCUT2D eigenvalue weighted by Gasteiger charge is 2.15. The maximum absolute atomic E-state index is 6.09. The molecular weight excluding hydrogens is 268 g/mol. The number of nitrogen functional groups attached to an aromatic ring is 1. The molecule has 0 radical (unpaired) electrons. The Labute approximate surface area is 123 Å². The van der Waals surface area contributed by atoms with Gasteiger partial charge >= 0.3 is 0 Å². The molecule has 5 heteroatoms. The molecule has 1 aliphatic heterocycles. The average Bonchev–Trinajstić information content (AvgIpc) is 2.50. The van der Waals surface area contributed by atoms with Crippen LogP contribution in [-0.4, -0.2) is 20.3 Å². The van der Waals surface area contributed by atoms with E-state index in [9.17, 15) is 0 Å². The Kier molecular flexibility index (Phi) is 3.83. The van der Waals surface area contributed by atoms with Crippen molar-refractivity contribution < 1.29 is 14.2 Å². The van der Waals surface area contributed by atoms with E-state index in [0.29, 0.717) is 37.0 Å². The molecule has 1 aliphatic rings. The Balaban J connectivity index is 1.91. The Morgan fingerprint density at radius 2 is 1.81 bits per heavy atom.